The standard InChI is InChI=1S/C14H12N4O3/c1-10(12-5-3-7-15-9-12)16-17-14(19)11-4-2-6-13(8-11)18(20)21/h2-9,16H,1H2,(H,17,19). The van der Waals surface area contributed by atoms with E-state index in [0.717, 1.165) is 5.56 Å². The second-order valence-electron chi connectivity index (χ2n) is 4.11. The fourth-order valence-electron chi connectivity index (χ4n) is 1.58. The first-order valence-electron chi connectivity index (χ1n) is 5.98. The number of rotatable bonds is 5. The first-order chi connectivity index (χ1) is 10.1. The first kappa shape index (κ1) is 14.2. The summed E-state index contributed by atoms with van der Waals surface area (Å²) in [5, 5.41) is 10.7. The van der Waals surface area contributed by atoms with Gasteiger partial charge in [0.2, 0.25) is 0 Å². The first-order valence-corrected chi connectivity index (χ1v) is 5.98. The van der Waals surface area contributed by atoms with Crippen molar-refractivity contribution in [1.82, 2.24) is 15.8 Å². The number of carbonyl (C=O) groups excluding carboxylic acids is 1. The average Bonchev–Trinajstić information content (AvgIpc) is 2.53. The Hall–Kier alpha value is -3.22. The number of hydrazine groups is 1. The lowest BCUT2D eigenvalue weighted by Gasteiger charge is -2.10. The molecule has 2 rings (SSSR count). The molecule has 0 saturated heterocycles. The van der Waals surface area contributed by atoms with E-state index in [1.807, 2.05) is 0 Å². The van der Waals surface area contributed by atoms with Gasteiger partial charge in [-0.15, -0.1) is 0 Å². The number of non-ortho nitro benzene ring substituents is 1. The van der Waals surface area contributed by atoms with Crippen molar-refractivity contribution in [1.29, 1.82) is 0 Å². The molecular weight excluding hydrogens is 272 g/mol. The van der Waals surface area contributed by atoms with Gasteiger partial charge in [-0.2, -0.15) is 0 Å². The van der Waals surface area contributed by atoms with E-state index in [-0.39, 0.29) is 11.3 Å². The van der Waals surface area contributed by atoms with Crippen molar-refractivity contribution in [2.45, 2.75) is 0 Å². The Morgan fingerprint density at radius 3 is 2.62 bits per heavy atom. The molecule has 7 nitrogen and oxygen atoms in total. The molecule has 0 unspecified atom stereocenters. The zero-order valence-corrected chi connectivity index (χ0v) is 10.9. The summed E-state index contributed by atoms with van der Waals surface area (Å²) in [6, 6.07) is 8.97. The van der Waals surface area contributed by atoms with Crippen LogP contribution in [-0.4, -0.2) is 15.8 Å². The van der Waals surface area contributed by atoms with E-state index in [9.17, 15) is 14.9 Å². The Morgan fingerprint density at radius 1 is 1.19 bits per heavy atom. The van der Waals surface area contributed by atoms with Gasteiger partial charge in [-0.1, -0.05) is 12.6 Å². The fraction of sp³-hybridized carbons (Fsp3) is 0. The number of nitrogens with one attached hydrogen (secondary N) is 2. The van der Waals surface area contributed by atoms with Gasteiger partial charge < -0.3 is 0 Å². The molecule has 1 aromatic carbocycles. The third-order valence-corrected chi connectivity index (χ3v) is 2.66. The van der Waals surface area contributed by atoms with Crippen LogP contribution in [0.25, 0.3) is 5.70 Å². The van der Waals surface area contributed by atoms with Crippen molar-refractivity contribution < 1.29 is 9.72 Å². The van der Waals surface area contributed by atoms with Gasteiger partial charge in [0.1, 0.15) is 0 Å². The highest BCUT2D eigenvalue weighted by Crippen LogP contribution is 2.13. The molecule has 21 heavy (non-hydrogen) atoms. The Labute approximate surface area is 120 Å². The van der Waals surface area contributed by atoms with Crippen molar-refractivity contribution in [3.05, 3.63) is 76.6 Å². The maximum absolute atomic E-state index is 11.9. The molecular formula is C14H12N4O3. The highest BCUT2D eigenvalue weighted by Gasteiger charge is 2.11. The van der Waals surface area contributed by atoms with Gasteiger partial charge in [-0.3, -0.25) is 30.7 Å². The summed E-state index contributed by atoms with van der Waals surface area (Å²) >= 11 is 0. The largest absolute Gasteiger partial charge is 0.298 e. The van der Waals surface area contributed by atoms with Crippen LogP contribution in [0.4, 0.5) is 5.69 Å². The molecule has 106 valence electrons. The van der Waals surface area contributed by atoms with Crippen molar-refractivity contribution >= 4 is 17.3 Å². The number of nitro groups is 1. The summed E-state index contributed by atoms with van der Waals surface area (Å²) in [6.45, 7) is 3.76. The van der Waals surface area contributed by atoms with Crippen LogP contribution in [0.15, 0.2) is 55.4 Å². The zero-order chi connectivity index (χ0) is 15.2. The molecule has 1 heterocycles. The van der Waals surface area contributed by atoms with Crippen LogP contribution in [0, 0.1) is 10.1 Å². The number of nitrogens with zero attached hydrogens (tertiary/aromatic N) is 2. The van der Waals surface area contributed by atoms with Gasteiger partial charge in [-0.05, 0) is 18.2 Å². The van der Waals surface area contributed by atoms with Crippen molar-refractivity contribution in [2.24, 2.45) is 0 Å². The van der Waals surface area contributed by atoms with Gasteiger partial charge in [0.05, 0.1) is 10.6 Å². The Kier molecular flexibility index (Phi) is 4.25. The van der Waals surface area contributed by atoms with Crippen LogP contribution in [0.5, 0.6) is 0 Å². The Morgan fingerprint density at radius 2 is 1.95 bits per heavy atom. The molecule has 0 aliphatic heterocycles. The molecule has 1 amide bonds. The lowest BCUT2D eigenvalue weighted by molar-refractivity contribution is -0.384. The van der Waals surface area contributed by atoms with Gasteiger partial charge in [0.15, 0.2) is 0 Å². The number of carbonyl (C=O) groups is 1. The van der Waals surface area contributed by atoms with Crippen LogP contribution in [0.2, 0.25) is 0 Å². The minimum atomic E-state index is -0.557. The number of benzene rings is 1. The molecule has 0 radical (unpaired) electrons. The Balaban J connectivity index is 2.01. The molecule has 2 N–H and O–H groups in total. The molecule has 0 aliphatic rings. The maximum Gasteiger partial charge on any atom is 0.270 e. The van der Waals surface area contributed by atoms with Crippen LogP contribution in [0.3, 0.4) is 0 Å². The molecule has 0 bridgehead atoms. The molecule has 0 fully saturated rings. The number of amides is 1. The second kappa shape index (κ2) is 6.29. The van der Waals surface area contributed by atoms with Gasteiger partial charge in [-0.25, -0.2) is 0 Å². The highest BCUT2D eigenvalue weighted by atomic mass is 16.6. The summed E-state index contributed by atoms with van der Waals surface area (Å²) in [4.78, 5) is 25.9. The average molecular weight is 284 g/mol. The number of hydrogen-bond acceptors (Lipinski definition) is 5. The predicted octanol–water partition coefficient (Wildman–Crippen LogP) is 1.90. The van der Waals surface area contributed by atoms with Gasteiger partial charge >= 0.3 is 0 Å². The SMILES string of the molecule is C=C(NNC(=O)c1cccc([N+](=O)[O-])c1)c1cccnc1. The number of nitro benzene ring substituents is 1. The van der Waals surface area contributed by atoms with E-state index in [1.165, 1.54) is 24.3 Å². The minimum Gasteiger partial charge on any atom is -0.298 e. The molecule has 0 saturated carbocycles. The molecule has 2 aromatic rings. The summed E-state index contributed by atoms with van der Waals surface area (Å²) in [6.07, 6.45) is 3.22. The van der Waals surface area contributed by atoms with Crippen molar-refractivity contribution in [2.75, 3.05) is 0 Å². The number of hydrogen-bond donors (Lipinski definition) is 2. The summed E-state index contributed by atoms with van der Waals surface area (Å²) in [5.41, 5.74) is 6.28. The highest BCUT2D eigenvalue weighted by molar-refractivity contribution is 5.94. The number of pyridine rings is 1. The van der Waals surface area contributed by atoms with Crippen LogP contribution < -0.4 is 10.9 Å². The lowest BCUT2D eigenvalue weighted by atomic mass is 10.2. The van der Waals surface area contributed by atoms with E-state index in [1.54, 1.807) is 24.5 Å². The van der Waals surface area contributed by atoms with Gasteiger partial charge in [0, 0.05) is 35.7 Å². The lowest BCUT2D eigenvalue weighted by Crippen LogP contribution is -2.35. The van der Waals surface area contributed by atoms with E-state index in [4.69, 9.17) is 0 Å². The van der Waals surface area contributed by atoms with E-state index in [0.29, 0.717) is 5.70 Å². The van der Waals surface area contributed by atoms with Crippen molar-refractivity contribution in [3.8, 4) is 0 Å². The predicted molar refractivity (Wildman–Crippen MR) is 77.0 cm³/mol. The third kappa shape index (κ3) is 3.63. The quantitative estimate of drug-likeness (QED) is 0.645. The molecule has 1 aromatic heterocycles. The zero-order valence-electron chi connectivity index (χ0n) is 10.9. The second-order valence-corrected chi connectivity index (χ2v) is 4.11. The van der Waals surface area contributed by atoms with E-state index < -0.39 is 10.8 Å². The monoisotopic (exact) mass is 284 g/mol. The van der Waals surface area contributed by atoms with E-state index in [2.05, 4.69) is 22.4 Å². The third-order valence-electron chi connectivity index (χ3n) is 2.66. The molecule has 0 aliphatic carbocycles. The minimum absolute atomic E-state index is 0.145. The fourth-order valence-corrected chi connectivity index (χ4v) is 1.58. The molecule has 7 heteroatoms. The van der Waals surface area contributed by atoms with Gasteiger partial charge in [0.25, 0.3) is 11.6 Å². The normalized spacial score (nSPS) is 9.71. The summed E-state index contributed by atoms with van der Waals surface area (Å²) < 4.78 is 0. The summed E-state index contributed by atoms with van der Waals surface area (Å²) in [5.74, 6) is -0.497. The van der Waals surface area contributed by atoms with Crippen molar-refractivity contribution in [3.63, 3.8) is 0 Å². The Bertz CT molecular complexity index is 686. The van der Waals surface area contributed by atoms with E-state index >= 15 is 0 Å². The van der Waals surface area contributed by atoms with Crippen LogP contribution in [-0.2, 0) is 0 Å². The maximum atomic E-state index is 11.9. The molecule has 0 atom stereocenters. The molecule has 0 spiro atoms. The smallest absolute Gasteiger partial charge is 0.270 e. The van der Waals surface area contributed by atoms with Crippen LogP contribution in [0.1, 0.15) is 15.9 Å². The summed E-state index contributed by atoms with van der Waals surface area (Å²) in [7, 11) is 0. The van der Waals surface area contributed by atoms with Crippen LogP contribution >= 0.6 is 0 Å². The topological polar surface area (TPSA) is 97.2 Å². The number of aromatic nitrogens is 1.